The van der Waals surface area contributed by atoms with Crippen LogP contribution in [-0.2, 0) is 4.79 Å². The maximum absolute atomic E-state index is 12.1. The SMILES string of the molecule is Cc1nc(/C=C/C(=O)Nc2ccc(N3CCCC3)cc2C)cs1. The molecule has 2 heterocycles. The molecule has 0 atom stereocenters. The molecule has 0 aliphatic carbocycles. The van der Waals surface area contributed by atoms with Crippen LogP contribution in [0.15, 0.2) is 29.7 Å². The van der Waals surface area contributed by atoms with Crippen LogP contribution in [0.1, 0.15) is 29.1 Å². The summed E-state index contributed by atoms with van der Waals surface area (Å²) in [5.41, 5.74) is 4.01. The van der Waals surface area contributed by atoms with Crippen molar-refractivity contribution in [3.63, 3.8) is 0 Å². The number of anilines is 2. The molecule has 1 N–H and O–H groups in total. The summed E-state index contributed by atoms with van der Waals surface area (Å²) < 4.78 is 0. The van der Waals surface area contributed by atoms with E-state index in [0.29, 0.717) is 0 Å². The van der Waals surface area contributed by atoms with Crippen molar-refractivity contribution in [3.05, 3.63) is 45.9 Å². The van der Waals surface area contributed by atoms with Gasteiger partial charge in [-0.05, 0) is 56.5 Å². The Kier molecular flexibility index (Phi) is 4.76. The van der Waals surface area contributed by atoms with Crippen LogP contribution < -0.4 is 10.2 Å². The number of carbonyl (C=O) groups is 1. The molecule has 0 unspecified atom stereocenters. The van der Waals surface area contributed by atoms with Crippen molar-refractivity contribution in [3.8, 4) is 0 Å². The van der Waals surface area contributed by atoms with Gasteiger partial charge in [0.05, 0.1) is 10.7 Å². The van der Waals surface area contributed by atoms with E-state index in [1.54, 1.807) is 17.4 Å². The molecule has 0 radical (unpaired) electrons. The molecule has 1 amide bonds. The first-order chi connectivity index (χ1) is 11.1. The molecule has 1 fully saturated rings. The maximum Gasteiger partial charge on any atom is 0.248 e. The first kappa shape index (κ1) is 15.7. The van der Waals surface area contributed by atoms with Gasteiger partial charge in [0.15, 0.2) is 0 Å². The Bertz CT molecular complexity index is 730. The number of rotatable bonds is 4. The van der Waals surface area contributed by atoms with Gasteiger partial charge >= 0.3 is 0 Å². The van der Waals surface area contributed by atoms with Crippen molar-refractivity contribution in [1.82, 2.24) is 4.98 Å². The van der Waals surface area contributed by atoms with Crippen LogP contribution in [0, 0.1) is 13.8 Å². The summed E-state index contributed by atoms with van der Waals surface area (Å²) in [6.07, 6.45) is 5.80. The van der Waals surface area contributed by atoms with E-state index in [2.05, 4.69) is 27.3 Å². The van der Waals surface area contributed by atoms with Gasteiger partial charge in [0.25, 0.3) is 0 Å². The lowest BCUT2D eigenvalue weighted by molar-refractivity contribution is -0.111. The molecule has 0 saturated carbocycles. The average Bonchev–Trinajstić information content (AvgIpc) is 3.19. The summed E-state index contributed by atoms with van der Waals surface area (Å²) in [7, 11) is 0. The van der Waals surface area contributed by atoms with Gasteiger partial charge in [-0.15, -0.1) is 11.3 Å². The normalized spacial score (nSPS) is 14.6. The van der Waals surface area contributed by atoms with Gasteiger partial charge in [-0.25, -0.2) is 4.98 Å². The standard InChI is InChI=1S/C18H21N3OS/c1-13-11-16(21-9-3-4-10-21)6-7-17(13)20-18(22)8-5-15-12-23-14(2)19-15/h5-8,11-12H,3-4,9-10H2,1-2H3,(H,20,22)/b8-5+. The Morgan fingerprint density at radius 3 is 2.74 bits per heavy atom. The Balaban J connectivity index is 1.65. The van der Waals surface area contributed by atoms with E-state index in [1.165, 1.54) is 24.6 Å². The van der Waals surface area contributed by atoms with E-state index >= 15 is 0 Å². The van der Waals surface area contributed by atoms with E-state index in [0.717, 1.165) is 35.0 Å². The summed E-state index contributed by atoms with van der Waals surface area (Å²) in [4.78, 5) is 18.8. The number of benzene rings is 1. The van der Waals surface area contributed by atoms with Crippen molar-refractivity contribution in [2.24, 2.45) is 0 Å². The van der Waals surface area contributed by atoms with Crippen molar-refractivity contribution in [2.45, 2.75) is 26.7 Å². The van der Waals surface area contributed by atoms with E-state index in [9.17, 15) is 4.79 Å². The number of amides is 1. The van der Waals surface area contributed by atoms with Gasteiger partial charge in [-0.1, -0.05) is 0 Å². The third-order valence-corrected chi connectivity index (χ3v) is 4.77. The molecule has 4 nitrogen and oxygen atoms in total. The minimum Gasteiger partial charge on any atom is -0.372 e. The number of hydrogen-bond donors (Lipinski definition) is 1. The first-order valence-electron chi connectivity index (χ1n) is 7.88. The fraction of sp³-hybridized carbons (Fsp3) is 0.333. The maximum atomic E-state index is 12.1. The number of aryl methyl sites for hydroxylation is 2. The van der Waals surface area contributed by atoms with E-state index in [-0.39, 0.29) is 5.91 Å². The fourth-order valence-electron chi connectivity index (χ4n) is 2.75. The van der Waals surface area contributed by atoms with Gasteiger partial charge in [0.2, 0.25) is 5.91 Å². The van der Waals surface area contributed by atoms with Crippen LogP contribution in [0.3, 0.4) is 0 Å². The Morgan fingerprint density at radius 2 is 2.09 bits per heavy atom. The van der Waals surface area contributed by atoms with Gasteiger partial charge in [-0.3, -0.25) is 4.79 Å². The summed E-state index contributed by atoms with van der Waals surface area (Å²) in [5.74, 6) is -0.132. The topological polar surface area (TPSA) is 45.2 Å². The zero-order chi connectivity index (χ0) is 16.2. The molecule has 2 aromatic rings. The van der Waals surface area contributed by atoms with Crippen molar-refractivity contribution in [1.29, 1.82) is 0 Å². The van der Waals surface area contributed by atoms with Crippen molar-refractivity contribution < 1.29 is 4.79 Å². The van der Waals surface area contributed by atoms with Crippen LogP contribution in [0.25, 0.3) is 6.08 Å². The van der Waals surface area contributed by atoms with Gasteiger partial charge in [-0.2, -0.15) is 0 Å². The molecule has 120 valence electrons. The molecule has 3 rings (SSSR count). The number of carbonyl (C=O) groups excluding carboxylic acids is 1. The average molecular weight is 327 g/mol. The number of thiazole rings is 1. The third kappa shape index (κ3) is 3.99. The Morgan fingerprint density at radius 1 is 1.30 bits per heavy atom. The first-order valence-corrected chi connectivity index (χ1v) is 8.76. The minimum atomic E-state index is -0.132. The fourth-order valence-corrected chi connectivity index (χ4v) is 3.33. The molecule has 1 aliphatic heterocycles. The molecular formula is C18H21N3OS. The largest absolute Gasteiger partial charge is 0.372 e. The van der Waals surface area contributed by atoms with Crippen LogP contribution >= 0.6 is 11.3 Å². The number of hydrogen-bond acceptors (Lipinski definition) is 4. The molecular weight excluding hydrogens is 306 g/mol. The van der Waals surface area contributed by atoms with E-state index in [4.69, 9.17) is 0 Å². The number of nitrogens with one attached hydrogen (secondary N) is 1. The van der Waals surface area contributed by atoms with Crippen LogP contribution in [0.4, 0.5) is 11.4 Å². The highest BCUT2D eigenvalue weighted by Crippen LogP contribution is 2.25. The van der Waals surface area contributed by atoms with Gasteiger partial charge < -0.3 is 10.2 Å². The summed E-state index contributed by atoms with van der Waals surface area (Å²) in [5, 5.41) is 5.87. The molecule has 1 saturated heterocycles. The molecule has 23 heavy (non-hydrogen) atoms. The van der Waals surface area contributed by atoms with Crippen LogP contribution in [0.5, 0.6) is 0 Å². The van der Waals surface area contributed by atoms with Crippen LogP contribution in [0.2, 0.25) is 0 Å². The number of aromatic nitrogens is 1. The molecule has 1 aliphatic rings. The highest BCUT2D eigenvalue weighted by atomic mass is 32.1. The predicted molar refractivity (Wildman–Crippen MR) is 97.1 cm³/mol. The Labute approximate surface area is 140 Å². The second-order valence-electron chi connectivity index (χ2n) is 5.81. The summed E-state index contributed by atoms with van der Waals surface area (Å²) >= 11 is 1.58. The van der Waals surface area contributed by atoms with Crippen LogP contribution in [-0.4, -0.2) is 24.0 Å². The monoisotopic (exact) mass is 327 g/mol. The summed E-state index contributed by atoms with van der Waals surface area (Å²) in [6.45, 7) is 6.23. The smallest absolute Gasteiger partial charge is 0.248 e. The highest BCUT2D eigenvalue weighted by Gasteiger charge is 2.13. The Hall–Kier alpha value is -2.14. The predicted octanol–water partition coefficient (Wildman–Crippen LogP) is 4.01. The van der Waals surface area contributed by atoms with E-state index in [1.807, 2.05) is 25.3 Å². The van der Waals surface area contributed by atoms with Gasteiger partial charge in [0, 0.05) is 35.9 Å². The second kappa shape index (κ2) is 6.96. The molecule has 0 bridgehead atoms. The minimum absolute atomic E-state index is 0.132. The van der Waals surface area contributed by atoms with Gasteiger partial charge in [0.1, 0.15) is 0 Å². The molecule has 0 spiro atoms. The lowest BCUT2D eigenvalue weighted by Gasteiger charge is -2.19. The van der Waals surface area contributed by atoms with E-state index < -0.39 is 0 Å². The lowest BCUT2D eigenvalue weighted by atomic mass is 10.1. The molecule has 1 aromatic heterocycles. The van der Waals surface area contributed by atoms with Crippen molar-refractivity contribution in [2.75, 3.05) is 23.3 Å². The zero-order valence-corrected chi connectivity index (χ0v) is 14.3. The quantitative estimate of drug-likeness (QED) is 0.863. The second-order valence-corrected chi connectivity index (χ2v) is 6.87. The molecule has 5 heteroatoms. The third-order valence-electron chi connectivity index (χ3n) is 3.98. The highest BCUT2D eigenvalue weighted by molar-refractivity contribution is 7.09. The molecule has 1 aromatic carbocycles. The lowest BCUT2D eigenvalue weighted by Crippen LogP contribution is -2.18. The number of nitrogens with zero attached hydrogens (tertiary/aromatic N) is 2. The van der Waals surface area contributed by atoms with Crippen molar-refractivity contribution >= 4 is 34.7 Å². The summed E-state index contributed by atoms with van der Waals surface area (Å²) in [6, 6.07) is 6.22. The zero-order valence-electron chi connectivity index (χ0n) is 13.5.